The molecular formula is C16H20FN3O. The molecule has 2 aromatic heterocycles. The number of piperidine rings is 1. The van der Waals surface area contributed by atoms with Crippen LogP contribution < -0.4 is 5.56 Å². The monoisotopic (exact) mass is 289 g/mol. The summed E-state index contributed by atoms with van der Waals surface area (Å²) in [6.45, 7) is 2.50. The molecule has 1 aliphatic rings. The number of hydrogen-bond acceptors (Lipinski definition) is 3. The van der Waals surface area contributed by atoms with Gasteiger partial charge < -0.3 is 4.90 Å². The highest BCUT2D eigenvalue weighted by Crippen LogP contribution is 2.26. The lowest BCUT2D eigenvalue weighted by atomic mass is 9.93. The number of rotatable bonds is 4. The van der Waals surface area contributed by atoms with Crippen LogP contribution in [0.25, 0.3) is 5.65 Å². The molecule has 4 nitrogen and oxygen atoms in total. The molecular weight excluding hydrogens is 269 g/mol. The van der Waals surface area contributed by atoms with Crippen molar-refractivity contribution in [2.24, 2.45) is 0 Å². The lowest BCUT2D eigenvalue weighted by Gasteiger charge is -2.31. The first kappa shape index (κ1) is 14.2. The van der Waals surface area contributed by atoms with Gasteiger partial charge in [0, 0.05) is 24.7 Å². The predicted molar refractivity (Wildman–Crippen MR) is 80.5 cm³/mol. The number of fused-ring (bicyclic) bond motifs is 1. The second-order valence-electron chi connectivity index (χ2n) is 5.61. The second kappa shape index (κ2) is 6.35. The normalized spacial score (nSPS) is 17.4. The Morgan fingerprint density at radius 1 is 1.29 bits per heavy atom. The van der Waals surface area contributed by atoms with Gasteiger partial charge in [-0.3, -0.25) is 13.6 Å². The zero-order chi connectivity index (χ0) is 14.7. The summed E-state index contributed by atoms with van der Waals surface area (Å²) in [5.74, 6) is 0.338. The molecule has 112 valence electrons. The van der Waals surface area contributed by atoms with Gasteiger partial charge in [0.2, 0.25) is 0 Å². The molecule has 0 atom stereocenters. The minimum atomic E-state index is -0.247. The van der Waals surface area contributed by atoms with E-state index in [1.165, 1.54) is 0 Å². The van der Waals surface area contributed by atoms with Crippen LogP contribution in [0.4, 0.5) is 4.39 Å². The molecule has 0 bridgehead atoms. The SMILES string of the molecule is O=c1cc(C2CCN(CCCF)CC2)nc2ccccn12. The van der Waals surface area contributed by atoms with Crippen molar-refractivity contribution in [2.75, 3.05) is 26.3 Å². The Labute approximate surface area is 123 Å². The van der Waals surface area contributed by atoms with Crippen LogP contribution >= 0.6 is 0 Å². The first-order valence-electron chi connectivity index (χ1n) is 7.54. The van der Waals surface area contributed by atoms with Crippen molar-refractivity contribution in [3.05, 3.63) is 46.5 Å². The quantitative estimate of drug-likeness (QED) is 0.866. The van der Waals surface area contributed by atoms with Crippen molar-refractivity contribution in [3.63, 3.8) is 0 Å². The molecule has 0 aromatic carbocycles. The van der Waals surface area contributed by atoms with E-state index in [0.29, 0.717) is 18.0 Å². The fourth-order valence-corrected chi connectivity index (χ4v) is 3.02. The maximum atomic E-state index is 12.2. The molecule has 0 amide bonds. The van der Waals surface area contributed by atoms with Gasteiger partial charge in [0.15, 0.2) is 0 Å². The highest BCUT2D eigenvalue weighted by atomic mass is 19.1. The molecule has 1 aliphatic heterocycles. The van der Waals surface area contributed by atoms with Crippen molar-refractivity contribution < 1.29 is 4.39 Å². The molecule has 1 saturated heterocycles. The first-order chi connectivity index (χ1) is 10.3. The lowest BCUT2D eigenvalue weighted by Crippen LogP contribution is -2.34. The number of hydrogen-bond donors (Lipinski definition) is 0. The van der Waals surface area contributed by atoms with Crippen LogP contribution in [-0.4, -0.2) is 40.6 Å². The van der Waals surface area contributed by atoms with Crippen molar-refractivity contribution in [1.82, 2.24) is 14.3 Å². The standard InChI is InChI=1S/C16H20FN3O/c17-7-3-8-19-10-5-13(6-11-19)14-12-16(21)20-9-2-1-4-15(20)18-14/h1-2,4,9,12-13H,3,5-8,10-11H2. The summed E-state index contributed by atoms with van der Waals surface area (Å²) >= 11 is 0. The number of halogens is 1. The summed E-state index contributed by atoms with van der Waals surface area (Å²) in [4.78, 5) is 19.0. The minimum absolute atomic E-state index is 0.0181. The largest absolute Gasteiger partial charge is 0.303 e. The molecule has 0 unspecified atom stereocenters. The lowest BCUT2D eigenvalue weighted by molar-refractivity contribution is 0.203. The number of alkyl halides is 1. The summed E-state index contributed by atoms with van der Waals surface area (Å²) in [5.41, 5.74) is 1.59. The zero-order valence-electron chi connectivity index (χ0n) is 12.0. The van der Waals surface area contributed by atoms with Crippen LogP contribution in [0.3, 0.4) is 0 Å². The smallest absolute Gasteiger partial charge is 0.258 e. The molecule has 0 radical (unpaired) electrons. The van der Waals surface area contributed by atoms with Gasteiger partial charge in [-0.15, -0.1) is 0 Å². The fourth-order valence-electron chi connectivity index (χ4n) is 3.02. The summed E-state index contributed by atoms with van der Waals surface area (Å²) in [7, 11) is 0. The van der Waals surface area contributed by atoms with Crippen LogP contribution in [0.2, 0.25) is 0 Å². The van der Waals surface area contributed by atoms with Crippen molar-refractivity contribution in [3.8, 4) is 0 Å². The van der Waals surface area contributed by atoms with E-state index in [1.807, 2.05) is 18.2 Å². The van der Waals surface area contributed by atoms with E-state index in [0.717, 1.165) is 38.2 Å². The maximum Gasteiger partial charge on any atom is 0.258 e. The van der Waals surface area contributed by atoms with E-state index in [2.05, 4.69) is 9.88 Å². The van der Waals surface area contributed by atoms with Crippen LogP contribution in [0.5, 0.6) is 0 Å². The van der Waals surface area contributed by atoms with Gasteiger partial charge in [0.05, 0.1) is 12.4 Å². The van der Waals surface area contributed by atoms with E-state index < -0.39 is 0 Å². The second-order valence-corrected chi connectivity index (χ2v) is 5.61. The van der Waals surface area contributed by atoms with E-state index in [-0.39, 0.29) is 12.2 Å². The number of likely N-dealkylation sites (tertiary alicyclic amines) is 1. The number of pyridine rings is 1. The Kier molecular flexibility index (Phi) is 4.29. The number of aromatic nitrogens is 2. The highest BCUT2D eigenvalue weighted by molar-refractivity contribution is 5.38. The average molecular weight is 289 g/mol. The topological polar surface area (TPSA) is 37.6 Å². The van der Waals surface area contributed by atoms with Gasteiger partial charge in [-0.2, -0.15) is 0 Å². The molecule has 2 aromatic rings. The first-order valence-corrected chi connectivity index (χ1v) is 7.54. The molecule has 21 heavy (non-hydrogen) atoms. The summed E-state index contributed by atoms with van der Waals surface area (Å²) in [6, 6.07) is 7.25. The Bertz CT molecular complexity index is 662. The zero-order valence-corrected chi connectivity index (χ0v) is 12.0. The van der Waals surface area contributed by atoms with Gasteiger partial charge in [-0.05, 0) is 44.5 Å². The Balaban J connectivity index is 1.75. The Morgan fingerprint density at radius 2 is 2.10 bits per heavy atom. The molecule has 0 spiro atoms. The molecule has 0 saturated carbocycles. The third-order valence-corrected chi connectivity index (χ3v) is 4.20. The van der Waals surface area contributed by atoms with Crippen molar-refractivity contribution >= 4 is 5.65 Å². The van der Waals surface area contributed by atoms with Crippen LogP contribution in [0, 0.1) is 0 Å². The van der Waals surface area contributed by atoms with E-state index >= 15 is 0 Å². The maximum absolute atomic E-state index is 12.2. The van der Waals surface area contributed by atoms with Crippen LogP contribution in [0.1, 0.15) is 30.9 Å². The van der Waals surface area contributed by atoms with Gasteiger partial charge in [-0.25, -0.2) is 4.98 Å². The van der Waals surface area contributed by atoms with E-state index in [9.17, 15) is 9.18 Å². The fraction of sp³-hybridized carbons (Fsp3) is 0.500. The molecule has 3 heterocycles. The Hall–Kier alpha value is -1.75. The molecule has 3 rings (SSSR count). The average Bonchev–Trinajstić information content (AvgIpc) is 2.53. The van der Waals surface area contributed by atoms with Gasteiger partial charge in [0.1, 0.15) is 5.65 Å². The predicted octanol–water partition coefficient (Wildman–Crippen LogP) is 2.23. The molecule has 0 N–H and O–H groups in total. The van der Waals surface area contributed by atoms with Gasteiger partial charge in [0.25, 0.3) is 5.56 Å². The molecule has 5 heteroatoms. The third kappa shape index (κ3) is 3.13. The highest BCUT2D eigenvalue weighted by Gasteiger charge is 2.22. The molecule has 0 aliphatic carbocycles. The Morgan fingerprint density at radius 3 is 2.86 bits per heavy atom. The van der Waals surface area contributed by atoms with Gasteiger partial charge >= 0.3 is 0 Å². The third-order valence-electron chi connectivity index (χ3n) is 4.20. The number of nitrogens with zero attached hydrogens (tertiary/aromatic N) is 3. The summed E-state index contributed by atoms with van der Waals surface area (Å²) in [5, 5.41) is 0. The van der Waals surface area contributed by atoms with Crippen LogP contribution in [0.15, 0.2) is 35.3 Å². The minimum Gasteiger partial charge on any atom is -0.303 e. The van der Waals surface area contributed by atoms with Gasteiger partial charge in [-0.1, -0.05) is 6.07 Å². The van der Waals surface area contributed by atoms with Crippen LogP contribution in [-0.2, 0) is 0 Å². The van der Waals surface area contributed by atoms with Crippen molar-refractivity contribution in [1.29, 1.82) is 0 Å². The van der Waals surface area contributed by atoms with E-state index in [4.69, 9.17) is 0 Å². The summed E-state index contributed by atoms with van der Waals surface area (Å²) < 4.78 is 13.8. The molecule has 1 fully saturated rings. The van der Waals surface area contributed by atoms with E-state index in [1.54, 1.807) is 16.7 Å². The summed E-state index contributed by atoms with van der Waals surface area (Å²) in [6.07, 6.45) is 4.33. The van der Waals surface area contributed by atoms with Crippen molar-refractivity contribution in [2.45, 2.75) is 25.2 Å².